The highest BCUT2D eigenvalue weighted by Crippen LogP contribution is 2.41. The first-order chi connectivity index (χ1) is 9.02. The zero-order valence-electron chi connectivity index (χ0n) is 9.72. The van der Waals surface area contributed by atoms with E-state index in [1.165, 1.54) is 4.90 Å². The predicted molar refractivity (Wildman–Crippen MR) is 73.1 cm³/mol. The third-order valence-corrected chi connectivity index (χ3v) is 3.98. The molecular weight excluding hydrogens is 334 g/mol. The summed E-state index contributed by atoms with van der Waals surface area (Å²) in [6.45, 7) is 0. The zero-order valence-corrected chi connectivity index (χ0v) is 12.1. The Bertz CT molecular complexity index is 606. The normalized spacial score (nSPS) is 29.8. The maximum atomic E-state index is 12.5. The molecule has 0 aromatic heterocycles. The van der Waals surface area contributed by atoms with E-state index in [1.807, 2.05) is 6.07 Å². The summed E-state index contributed by atoms with van der Waals surface area (Å²) in [5, 5.41) is 7.73. The fraction of sp³-hybridized carbons (Fsp3) is 0.333. The van der Waals surface area contributed by atoms with E-state index in [9.17, 15) is 9.59 Å². The predicted octanol–water partition coefficient (Wildman–Crippen LogP) is 2.87. The summed E-state index contributed by atoms with van der Waals surface area (Å²) in [5.41, 5.74) is -1.08. The number of carbonyl (C=O) groups excluding carboxylic acids is 2. The summed E-state index contributed by atoms with van der Waals surface area (Å²) in [5.74, 6) is -0.615. The number of azo groups is 1. The quantitative estimate of drug-likeness (QED) is 0.447. The number of benzene rings is 1. The molecule has 1 spiro atoms. The largest absolute Gasteiger partial charge is 0.274 e. The molecule has 0 bridgehead atoms. The lowest BCUT2D eigenvalue weighted by molar-refractivity contribution is -0.122. The van der Waals surface area contributed by atoms with Crippen LogP contribution in [-0.4, -0.2) is 22.9 Å². The van der Waals surface area contributed by atoms with E-state index in [0.717, 1.165) is 4.47 Å². The van der Waals surface area contributed by atoms with E-state index in [4.69, 9.17) is 11.6 Å². The van der Waals surface area contributed by atoms with Gasteiger partial charge in [0.2, 0.25) is 5.91 Å². The van der Waals surface area contributed by atoms with Gasteiger partial charge in [0.25, 0.3) is 5.91 Å². The van der Waals surface area contributed by atoms with Gasteiger partial charge in [-0.3, -0.25) is 9.59 Å². The number of amides is 2. The van der Waals surface area contributed by atoms with E-state index in [1.54, 1.807) is 18.2 Å². The minimum Gasteiger partial charge on any atom is -0.274 e. The molecule has 2 atom stereocenters. The Hall–Kier alpha value is -1.27. The SMILES string of the molecule is O=C1CC2(CC(Cl)N=N2)C(=O)N1c1cccc(Br)c1. The fourth-order valence-corrected chi connectivity index (χ4v) is 3.06. The van der Waals surface area contributed by atoms with Gasteiger partial charge in [0.1, 0.15) is 5.50 Å². The topological polar surface area (TPSA) is 62.1 Å². The molecule has 3 rings (SSSR count). The Morgan fingerprint density at radius 1 is 1.42 bits per heavy atom. The molecule has 0 saturated carbocycles. The van der Waals surface area contributed by atoms with E-state index < -0.39 is 11.0 Å². The number of anilines is 1. The Morgan fingerprint density at radius 3 is 2.84 bits per heavy atom. The van der Waals surface area contributed by atoms with Crippen molar-refractivity contribution in [2.24, 2.45) is 10.2 Å². The van der Waals surface area contributed by atoms with E-state index >= 15 is 0 Å². The smallest absolute Gasteiger partial charge is 0.264 e. The van der Waals surface area contributed by atoms with Crippen LogP contribution in [0.25, 0.3) is 0 Å². The van der Waals surface area contributed by atoms with Crippen molar-refractivity contribution in [2.45, 2.75) is 23.9 Å². The second-order valence-electron chi connectivity index (χ2n) is 4.58. The zero-order chi connectivity index (χ0) is 13.6. The van der Waals surface area contributed by atoms with Crippen LogP contribution in [0.4, 0.5) is 5.69 Å². The minimum atomic E-state index is -1.09. The van der Waals surface area contributed by atoms with Gasteiger partial charge >= 0.3 is 0 Å². The van der Waals surface area contributed by atoms with E-state index in [2.05, 4.69) is 26.2 Å². The molecule has 7 heteroatoms. The molecule has 1 fully saturated rings. The Kier molecular flexibility index (Phi) is 2.94. The molecule has 0 N–H and O–H groups in total. The molecule has 98 valence electrons. The molecular formula is C12H9BrClN3O2. The lowest BCUT2D eigenvalue weighted by atomic mass is 9.95. The second kappa shape index (κ2) is 4.38. The molecule has 1 saturated heterocycles. The molecule has 0 aliphatic carbocycles. The first-order valence-corrected chi connectivity index (χ1v) is 6.94. The minimum absolute atomic E-state index is 0.0328. The van der Waals surface area contributed by atoms with Gasteiger partial charge in [-0.2, -0.15) is 10.2 Å². The number of nitrogens with zero attached hydrogens (tertiary/aromatic N) is 3. The third-order valence-electron chi connectivity index (χ3n) is 3.24. The van der Waals surface area contributed by atoms with Gasteiger partial charge in [-0.1, -0.05) is 33.6 Å². The second-order valence-corrected chi connectivity index (χ2v) is 6.00. The Labute approximate surface area is 122 Å². The molecule has 2 heterocycles. The van der Waals surface area contributed by atoms with Crippen LogP contribution in [0.15, 0.2) is 39.0 Å². The van der Waals surface area contributed by atoms with Crippen molar-refractivity contribution in [3.05, 3.63) is 28.7 Å². The summed E-state index contributed by atoms with van der Waals surface area (Å²) >= 11 is 9.19. The van der Waals surface area contributed by atoms with Crippen molar-refractivity contribution in [1.82, 2.24) is 0 Å². The number of hydrogen-bond donors (Lipinski definition) is 0. The molecule has 19 heavy (non-hydrogen) atoms. The van der Waals surface area contributed by atoms with Gasteiger partial charge < -0.3 is 0 Å². The van der Waals surface area contributed by atoms with Crippen molar-refractivity contribution in [1.29, 1.82) is 0 Å². The molecule has 1 aromatic carbocycles. The number of rotatable bonds is 1. The third kappa shape index (κ3) is 1.99. The molecule has 5 nitrogen and oxygen atoms in total. The maximum Gasteiger partial charge on any atom is 0.264 e. The summed E-state index contributed by atoms with van der Waals surface area (Å²) < 4.78 is 0.801. The van der Waals surface area contributed by atoms with Gasteiger partial charge in [0.05, 0.1) is 12.1 Å². The highest BCUT2D eigenvalue weighted by Gasteiger charge is 2.56. The number of imide groups is 1. The standard InChI is InChI=1S/C12H9BrClN3O2/c13-7-2-1-3-8(4-7)17-10(18)6-12(11(17)19)5-9(14)15-16-12/h1-4,9H,5-6H2. The van der Waals surface area contributed by atoms with Gasteiger partial charge in [-0.15, -0.1) is 0 Å². The van der Waals surface area contributed by atoms with Crippen LogP contribution in [0, 0.1) is 0 Å². The molecule has 2 aliphatic heterocycles. The maximum absolute atomic E-state index is 12.5. The average Bonchev–Trinajstić information content (AvgIpc) is 2.82. The summed E-state index contributed by atoms with van der Waals surface area (Å²) in [4.78, 5) is 25.7. The number of carbonyl (C=O) groups is 2. The van der Waals surface area contributed by atoms with Gasteiger partial charge in [0.15, 0.2) is 5.54 Å². The van der Waals surface area contributed by atoms with Crippen LogP contribution in [0.1, 0.15) is 12.8 Å². The van der Waals surface area contributed by atoms with Crippen molar-refractivity contribution >= 4 is 45.0 Å². The molecule has 2 unspecified atom stereocenters. The highest BCUT2D eigenvalue weighted by molar-refractivity contribution is 9.10. The van der Waals surface area contributed by atoms with Crippen LogP contribution < -0.4 is 4.90 Å². The number of halogens is 2. The van der Waals surface area contributed by atoms with E-state index in [-0.39, 0.29) is 24.7 Å². The van der Waals surface area contributed by atoms with Crippen molar-refractivity contribution in [3.63, 3.8) is 0 Å². The van der Waals surface area contributed by atoms with E-state index in [0.29, 0.717) is 5.69 Å². The summed E-state index contributed by atoms with van der Waals surface area (Å²) in [6.07, 6.45) is 0.314. The first-order valence-electron chi connectivity index (χ1n) is 5.71. The lowest BCUT2D eigenvalue weighted by Gasteiger charge is -2.18. The fourth-order valence-electron chi connectivity index (χ4n) is 2.37. The summed E-state index contributed by atoms with van der Waals surface area (Å²) in [6, 6.07) is 7.03. The summed E-state index contributed by atoms with van der Waals surface area (Å²) in [7, 11) is 0. The van der Waals surface area contributed by atoms with Crippen LogP contribution >= 0.6 is 27.5 Å². The lowest BCUT2D eigenvalue weighted by Crippen LogP contribution is -2.38. The van der Waals surface area contributed by atoms with Gasteiger partial charge in [0, 0.05) is 10.9 Å². The Balaban J connectivity index is 1.99. The molecule has 0 radical (unpaired) electrons. The van der Waals surface area contributed by atoms with Gasteiger partial charge in [-0.05, 0) is 18.2 Å². The van der Waals surface area contributed by atoms with Crippen molar-refractivity contribution in [3.8, 4) is 0 Å². The number of hydrogen-bond acceptors (Lipinski definition) is 4. The molecule has 1 aromatic rings. The van der Waals surface area contributed by atoms with Crippen LogP contribution in [0.3, 0.4) is 0 Å². The van der Waals surface area contributed by atoms with Crippen LogP contribution in [-0.2, 0) is 9.59 Å². The van der Waals surface area contributed by atoms with Gasteiger partial charge in [-0.25, -0.2) is 4.90 Å². The monoisotopic (exact) mass is 341 g/mol. The highest BCUT2D eigenvalue weighted by atomic mass is 79.9. The van der Waals surface area contributed by atoms with Crippen molar-refractivity contribution < 1.29 is 9.59 Å². The van der Waals surface area contributed by atoms with Crippen LogP contribution in [0.5, 0.6) is 0 Å². The molecule has 2 amide bonds. The average molecular weight is 343 g/mol. The molecule has 2 aliphatic rings. The van der Waals surface area contributed by atoms with Crippen LogP contribution in [0.2, 0.25) is 0 Å². The Morgan fingerprint density at radius 2 is 2.21 bits per heavy atom. The first kappa shape index (κ1) is 12.7. The van der Waals surface area contributed by atoms with Crippen molar-refractivity contribution in [2.75, 3.05) is 4.90 Å². The number of alkyl halides is 1.